The zero-order chi connectivity index (χ0) is 14.7. The van der Waals surface area contributed by atoms with Gasteiger partial charge in [0.05, 0.1) is 5.41 Å². The quantitative estimate of drug-likeness (QED) is 0.910. The molecular formula is C17H19NO2S. The fourth-order valence-corrected chi connectivity index (χ4v) is 3.77. The van der Waals surface area contributed by atoms with E-state index in [4.69, 9.17) is 0 Å². The van der Waals surface area contributed by atoms with Crippen molar-refractivity contribution in [3.8, 4) is 10.4 Å². The molecule has 0 unspecified atom stereocenters. The summed E-state index contributed by atoms with van der Waals surface area (Å²) in [5, 5.41) is 15.0. The van der Waals surface area contributed by atoms with Crippen molar-refractivity contribution in [1.29, 1.82) is 0 Å². The first kappa shape index (κ1) is 14.3. The number of benzene rings is 1. The molecule has 0 amide bonds. The predicted molar refractivity (Wildman–Crippen MR) is 85.6 cm³/mol. The first-order valence-electron chi connectivity index (χ1n) is 7.27. The lowest BCUT2D eigenvalue weighted by atomic mass is 9.75. The van der Waals surface area contributed by atoms with Crippen LogP contribution in [0.3, 0.4) is 0 Å². The van der Waals surface area contributed by atoms with E-state index >= 15 is 0 Å². The second-order valence-corrected chi connectivity index (χ2v) is 6.67. The van der Waals surface area contributed by atoms with Gasteiger partial charge in [-0.2, -0.15) is 0 Å². The van der Waals surface area contributed by atoms with Crippen LogP contribution in [0.2, 0.25) is 0 Å². The van der Waals surface area contributed by atoms with E-state index in [1.165, 1.54) is 10.4 Å². The topological polar surface area (TPSA) is 49.3 Å². The molecule has 1 aromatic heterocycles. The third-order valence-electron chi connectivity index (χ3n) is 4.20. The molecule has 2 heterocycles. The van der Waals surface area contributed by atoms with Crippen LogP contribution in [0, 0.1) is 5.41 Å². The van der Waals surface area contributed by atoms with E-state index in [2.05, 4.69) is 28.9 Å². The van der Waals surface area contributed by atoms with E-state index in [9.17, 15) is 9.90 Å². The summed E-state index contributed by atoms with van der Waals surface area (Å²) in [6.45, 7) is 1.48. The number of hydrogen-bond donors (Lipinski definition) is 2. The highest BCUT2D eigenvalue weighted by Gasteiger charge is 2.39. The average Bonchev–Trinajstić information content (AvgIpc) is 3.02. The molecule has 2 N–H and O–H groups in total. The number of hydrogen-bond acceptors (Lipinski definition) is 3. The highest BCUT2D eigenvalue weighted by atomic mass is 32.1. The van der Waals surface area contributed by atoms with Crippen molar-refractivity contribution in [3.63, 3.8) is 0 Å². The normalized spacial score (nSPS) is 22.1. The van der Waals surface area contributed by atoms with Gasteiger partial charge in [0.25, 0.3) is 0 Å². The molecule has 4 heteroatoms. The van der Waals surface area contributed by atoms with Gasteiger partial charge in [-0.25, -0.2) is 0 Å². The molecule has 0 aliphatic carbocycles. The van der Waals surface area contributed by atoms with Crippen molar-refractivity contribution in [1.82, 2.24) is 5.32 Å². The van der Waals surface area contributed by atoms with Crippen molar-refractivity contribution < 1.29 is 9.90 Å². The maximum Gasteiger partial charge on any atom is 0.311 e. The lowest BCUT2D eigenvalue weighted by molar-refractivity contribution is -0.150. The Labute approximate surface area is 128 Å². The first-order chi connectivity index (χ1) is 10.2. The van der Waals surface area contributed by atoms with Crippen LogP contribution in [-0.2, 0) is 11.2 Å². The third kappa shape index (κ3) is 3.01. The van der Waals surface area contributed by atoms with Crippen LogP contribution in [0.25, 0.3) is 10.4 Å². The Hall–Kier alpha value is -1.65. The van der Waals surface area contributed by atoms with Crippen LogP contribution >= 0.6 is 11.3 Å². The number of aliphatic carboxylic acids is 1. The second-order valence-electron chi connectivity index (χ2n) is 5.72. The second kappa shape index (κ2) is 6.00. The molecule has 1 saturated heterocycles. The number of carboxylic acids is 1. The highest BCUT2D eigenvalue weighted by molar-refractivity contribution is 7.13. The van der Waals surface area contributed by atoms with Crippen LogP contribution in [0.5, 0.6) is 0 Å². The highest BCUT2D eigenvalue weighted by Crippen LogP contribution is 2.33. The minimum atomic E-state index is -0.684. The standard InChI is InChI=1S/C17H19NO2S/c19-16(20)17(7-3-8-18-12-17)11-13-4-1-5-14(10-13)15-6-2-9-21-15/h1-2,4-6,9-10,18H,3,7-8,11-12H2,(H,19,20)/t17-/m1/s1. The number of rotatable bonds is 4. The molecule has 0 radical (unpaired) electrons. The summed E-state index contributed by atoms with van der Waals surface area (Å²) in [6, 6.07) is 12.4. The Kier molecular flexibility index (Phi) is 4.08. The molecule has 1 atom stereocenters. The van der Waals surface area contributed by atoms with E-state index in [0.717, 1.165) is 24.9 Å². The van der Waals surface area contributed by atoms with E-state index in [1.54, 1.807) is 11.3 Å². The molecule has 3 nitrogen and oxygen atoms in total. The zero-order valence-corrected chi connectivity index (χ0v) is 12.7. The summed E-state index contributed by atoms with van der Waals surface area (Å²) in [5.41, 5.74) is 1.62. The molecule has 0 saturated carbocycles. The monoisotopic (exact) mass is 301 g/mol. The number of carboxylic acid groups (broad SMARTS) is 1. The Bertz CT molecular complexity index is 615. The molecule has 3 rings (SSSR count). The number of piperidine rings is 1. The van der Waals surface area contributed by atoms with Gasteiger partial charge < -0.3 is 10.4 Å². The Morgan fingerprint density at radius 3 is 2.90 bits per heavy atom. The lowest BCUT2D eigenvalue weighted by Gasteiger charge is -2.33. The molecule has 1 aliphatic heterocycles. The van der Waals surface area contributed by atoms with Gasteiger partial charge in [0, 0.05) is 11.4 Å². The van der Waals surface area contributed by atoms with Gasteiger partial charge >= 0.3 is 5.97 Å². The largest absolute Gasteiger partial charge is 0.481 e. The van der Waals surface area contributed by atoms with Gasteiger partial charge in [-0.15, -0.1) is 11.3 Å². The van der Waals surface area contributed by atoms with Crippen molar-refractivity contribution in [2.24, 2.45) is 5.41 Å². The van der Waals surface area contributed by atoms with Crippen LogP contribution in [0.15, 0.2) is 41.8 Å². The zero-order valence-electron chi connectivity index (χ0n) is 11.8. The van der Waals surface area contributed by atoms with Gasteiger partial charge in [0.2, 0.25) is 0 Å². The Morgan fingerprint density at radius 2 is 2.24 bits per heavy atom. The molecule has 1 fully saturated rings. The lowest BCUT2D eigenvalue weighted by Crippen LogP contribution is -2.47. The smallest absolute Gasteiger partial charge is 0.311 e. The van der Waals surface area contributed by atoms with Crippen molar-refractivity contribution in [2.75, 3.05) is 13.1 Å². The third-order valence-corrected chi connectivity index (χ3v) is 5.12. The molecule has 1 aromatic carbocycles. The van der Waals surface area contributed by atoms with Gasteiger partial charge in [0.1, 0.15) is 0 Å². The molecule has 0 bridgehead atoms. The molecule has 110 valence electrons. The first-order valence-corrected chi connectivity index (χ1v) is 8.15. The van der Waals surface area contributed by atoms with Gasteiger partial charge in [-0.1, -0.05) is 30.3 Å². The van der Waals surface area contributed by atoms with Crippen LogP contribution in [0.4, 0.5) is 0 Å². The predicted octanol–water partition coefficient (Wildman–Crippen LogP) is 3.41. The van der Waals surface area contributed by atoms with Gasteiger partial charge in [0.15, 0.2) is 0 Å². The Balaban J connectivity index is 1.86. The van der Waals surface area contributed by atoms with Gasteiger partial charge in [-0.05, 0) is 48.4 Å². The molecule has 21 heavy (non-hydrogen) atoms. The maximum absolute atomic E-state index is 11.8. The van der Waals surface area contributed by atoms with E-state index in [0.29, 0.717) is 13.0 Å². The summed E-state index contributed by atoms with van der Waals surface area (Å²) in [7, 11) is 0. The molecule has 2 aromatic rings. The number of nitrogens with one attached hydrogen (secondary N) is 1. The van der Waals surface area contributed by atoms with Gasteiger partial charge in [-0.3, -0.25) is 4.79 Å². The summed E-state index contributed by atoms with van der Waals surface area (Å²) < 4.78 is 0. The summed E-state index contributed by atoms with van der Waals surface area (Å²) in [4.78, 5) is 13.0. The summed E-state index contributed by atoms with van der Waals surface area (Å²) in [5.74, 6) is -0.684. The van der Waals surface area contributed by atoms with Crippen LogP contribution in [0.1, 0.15) is 18.4 Å². The van der Waals surface area contributed by atoms with E-state index < -0.39 is 11.4 Å². The molecule has 0 spiro atoms. The van der Waals surface area contributed by atoms with E-state index in [-0.39, 0.29) is 0 Å². The van der Waals surface area contributed by atoms with Crippen molar-refractivity contribution in [3.05, 3.63) is 47.3 Å². The average molecular weight is 301 g/mol. The SMILES string of the molecule is O=C(O)[C@@]1(Cc2cccc(-c3cccs3)c2)CCCNC1. The van der Waals surface area contributed by atoms with Crippen molar-refractivity contribution in [2.45, 2.75) is 19.3 Å². The van der Waals surface area contributed by atoms with Crippen LogP contribution in [-0.4, -0.2) is 24.2 Å². The minimum Gasteiger partial charge on any atom is -0.481 e. The fraction of sp³-hybridized carbons (Fsp3) is 0.353. The summed E-state index contributed by atoms with van der Waals surface area (Å²) >= 11 is 1.71. The number of thiophene rings is 1. The van der Waals surface area contributed by atoms with Crippen LogP contribution < -0.4 is 5.32 Å². The Morgan fingerprint density at radius 1 is 1.33 bits per heavy atom. The van der Waals surface area contributed by atoms with E-state index in [1.807, 2.05) is 18.2 Å². The fourth-order valence-electron chi connectivity index (χ4n) is 3.04. The molecular weight excluding hydrogens is 282 g/mol. The van der Waals surface area contributed by atoms with Crippen molar-refractivity contribution >= 4 is 17.3 Å². The summed E-state index contributed by atoms with van der Waals surface area (Å²) in [6.07, 6.45) is 2.27. The molecule has 1 aliphatic rings. The maximum atomic E-state index is 11.8. The minimum absolute atomic E-state index is 0.561. The number of carbonyl (C=O) groups is 1.